The standard InChI is InChI=1S/C11H10FN3O3/c1-2-7-10(14-18-11(7)13)8-4-3-6(12)5-9(8)15(16)17/h3-5H,2,13H2,1H3. The van der Waals surface area contributed by atoms with Crippen molar-refractivity contribution in [3.05, 3.63) is 39.7 Å². The van der Waals surface area contributed by atoms with Crippen molar-refractivity contribution in [1.82, 2.24) is 5.16 Å². The lowest BCUT2D eigenvalue weighted by atomic mass is 10.0. The van der Waals surface area contributed by atoms with Gasteiger partial charge in [-0.05, 0) is 18.6 Å². The zero-order valence-corrected chi connectivity index (χ0v) is 9.51. The molecule has 6 nitrogen and oxygen atoms in total. The first kappa shape index (κ1) is 12.0. The fourth-order valence-electron chi connectivity index (χ4n) is 1.73. The predicted molar refractivity (Wildman–Crippen MR) is 62.3 cm³/mol. The third-order valence-corrected chi connectivity index (χ3v) is 2.58. The Hall–Kier alpha value is -2.44. The van der Waals surface area contributed by atoms with Crippen LogP contribution in [-0.4, -0.2) is 10.1 Å². The van der Waals surface area contributed by atoms with E-state index in [-0.39, 0.29) is 22.8 Å². The second-order valence-corrected chi connectivity index (χ2v) is 3.65. The molecule has 0 saturated carbocycles. The van der Waals surface area contributed by atoms with Crippen LogP contribution in [0.15, 0.2) is 22.7 Å². The van der Waals surface area contributed by atoms with Crippen molar-refractivity contribution < 1.29 is 13.8 Å². The molecule has 0 amide bonds. The van der Waals surface area contributed by atoms with Crippen molar-refractivity contribution in [2.45, 2.75) is 13.3 Å². The van der Waals surface area contributed by atoms with E-state index in [1.807, 2.05) is 6.92 Å². The number of nitro benzene ring substituents is 1. The smallest absolute Gasteiger partial charge is 0.281 e. The molecule has 1 aromatic carbocycles. The molecule has 2 rings (SSSR count). The first-order chi connectivity index (χ1) is 8.54. The number of anilines is 1. The van der Waals surface area contributed by atoms with Crippen molar-refractivity contribution in [2.24, 2.45) is 0 Å². The molecule has 2 N–H and O–H groups in total. The number of benzene rings is 1. The Labute approximate surface area is 101 Å². The van der Waals surface area contributed by atoms with Gasteiger partial charge in [0.05, 0.1) is 16.6 Å². The van der Waals surface area contributed by atoms with Crippen molar-refractivity contribution in [3.63, 3.8) is 0 Å². The van der Waals surface area contributed by atoms with Crippen LogP contribution in [-0.2, 0) is 6.42 Å². The Bertz CT molecular complexity index is 610. The molecular formula is C11H10FN3O3. The van der Waals surface area contributed by atoms with Gasteiger partial charge in [0.2, 0.25) is 5.88 Å². The van der Waals surface area contributed by atoms with Crippen molar-refractivity contribution in [3.8, 4) is 11.3 Å². The van der Waals surface area contributed by atoms with Crippen molar-refractivity contribution in [1.29, 1.82) is 0 Å². The minimum atomic E-state index is -0.681. The molecule has 0 bridgehead atoms. The molecular weight excluding hydrogens is 241 g/mol. The molecule has 0 aliphatic carbocycles. The minimum absolute atomic E-state index is 0.117. The number of halogens is 1. The molecule has 0 unspecified atom stereocenters. The van der Waals surface area contributed by atoms with Gasteiger partial charge in [0.15, 0.2) is 0 Å². The molecule has 0 fully saturated rings. The number of nitrogen functional groups attached to an aromatic ring is 1. The lowest BCUT2D eigenvalue weighted by molar-refractivity contribution is -0.384. The summed E-state index contributed by atoms with van der Waals surface area (Å²) >= 11 is 0. The minimum Gasteiger partial charge on any atom is -0.367 e. The van der Waals surface area contributed by atoms with E-state index in [0.717, 1.165) is 12.1 Å². The number of nitrogens with zero attached hydrogens (tertiary/aromatic N) is 2. The lowest BCUT2D eigenvalue weighted by Crippen LogP contribution is -1.96. The van der Waals surface area contributed by atoms with E-state index in [9.17, 15) is 14.5 Å². The first-order valence-corrected chi connectivity index (χ1v) is 5.23. The van der Waals surface area contributed by atoms with Crippen LogP contribution in [0.1, 0.15) is 12.5 Å². The van der Waals surface area contributed by atoms with Gasteiger partial charge in [0, 0.05) is 5.56 Å². The monoisotopic (exact) mass is 251 g/mol. The van der Waals surface area contributed by atoms with Gasteiger partial charge < -0.3 is 10.3 Å². The van der Waals surface area contributed by atoms with Gasteiger partial charge in [0.1, 0.15) is 11.5 Å². The molecule has 18 heavy (non-hydrogen) atoms. The van der Waals surface area contributed by atoms with E-state index in [2.05, 4.69) is 5.16 Å². The quantitative estimate of drug-likeness (QED) is 0.668. The van der Waals surface area contributed by atoms with Crippen LogP contribution in [0.5, 0.6) is 0 Å². The van der Waals surface area contributed by atoms with E-state index in [1.165, 1.54) is 6.07 Å². The molecule has 0 spiro atoms. The summed E-state index contributed by atoms with van der Waals surface area (Å²) in [6.45, 7) is 1.82. The number of nitrogens with two attached hydrogens (primary N) is 1. The van der Waals surface area contributed by atoms with E-state index in [1.54, 1.807) is 0 Å². The van der Waals surface area contributed by atoms with E-state index < -0.39 is 10.7 Å². The summed E-state index contributed by atoms with van der Waals surface area (Å²) in [5.74, 6) is -0.564. The first-order valence-electron chi connectivity index (χ1n) is 5.23. The summed E-state index contributed by atoms with van der Waals surface area (Å²) in [6, 6.07) is 3.27. The largest absolute Gasteiger partial charge is 0.367 e. The van der Waals surface area contributed by atoms with Crippen molar-refractivity contribution >= 4 is 11.6 Å². The zero-order chi connectivity index (χ0) is 13.3. The van der Waals surface area contributed by atoms with Crippen LogP contribution < -0.4 is 5.73 Å². The van der Waals surface area contributed by atoms with Crippen LogP contribution >= 0.6 is 0 Å². The number of nitro groups is 1. The number of rotatable bonds is 3. The highest BCUT2D eigenvalue weighted by Crippen LogP contribution is 2.34. The Balaban J connectivity index is 2.67. The highest BCUT2D eigenvalue weighted by molar-refractivity contribution is 5.75. The second kappa shape index (κ2) is 4.44. The van der Waals surface area contributed by atoms with Crippen LogP contribution in [0.4, 0.5) is 16.0 Å². The van der Waals surface area contributed by atoms with Gasteiger partial charge in [0.25, 0.3) is 5.69 Å². The lowest BCUT2D eigenvalue weighted by Gasteiger charge is -2.01. The topological polar surface area (TPSA) is 95.2 Å². The van der Waals surface area contributed by atoms with Gasteiger partial charge in [-0.3, -0.25) is 10.1 Å². The molecule has 1 heterocycles. The van der Waals surface area contributed by atoms with Crippen LogP contribution in [0.3, 0.4) is 0 Å². The van der Waals surface area contributed by atoms with E-state index >= 15 is 0 Å². The highest BCUT2D eigenvalue weighted by atomic mass is 19.1. The average Bonchev–Trinajstić information content (AvgIpc) is 2.70. The fraction of sp³-hybridized carbons (Fsp3) is 0.182. The van der Waals surface area contributed by atoms with Gasteiger partial charge in [-0.15, -0.1) is 0 Å². The Kier molecular flexibility index (Phi) is 2.97. The summed E-state index contributed by atoms with van der Waals surface area (Å²) < 4.78 is 17.9. The molecule has 0 saturated heterocycles. The third kappa shape index (κ3) is 1.90. The molecule has 2 aromatic rings. The van der Waals surface area contributed by atoms with Gasteiger partial charge in [-0.2, -0.15) is 0 Å². The van der Waals surface area contributed by atoms with Crippen LogP contribution in [0.2, 0.25) is 0 Å². The molecule has 0 radical (unpaired) electrons. The molecule has 0 aliphatic heterocycles. The number of aromatic nitrogens is 1. The second-order valence-electron chi connectivity index (χ2n) is 3.65. The average molecular weight is 251 g/mol. The Morgan fingerprint density at radius 2 is 2.28 bits per heavy atom. The summed E-state index contributed by atoms with van der Waals surface area (Å²) in [4.78, 5) is 10.2. The van der Waals surface area contributed by atoms with Gasteiger partial charge >= 0.3 is 0 Å². The highest BCUT2D eigenvalue weighted by Gasteiger charge is 2.23. The SMILES string of the molecule is CCc1c(-c2ccc(F)cc2[N+](=O)[O-])noc1N. The molecule has 0 aliphatic rings. The summed E-state index contributed by atoms with van der Waals surface area (Å²) in [5, 5.41) is 14.6. The van der Waals surface area contributed by atoms with Crippen LogP contribution in [0.25, 0.3) is 11.3 Å². The van der Waals surface area contributed by atoms with Gasteiger partial charge in [-0.1, -0.05) is 12.1 Å². The maximum Gasteiger partial charge on any atom is 0.281 e. The van der Waals surface area contributed by atoms with E-state index in [0.29, 0.717) is 12.0 Å². The number of hydrogen-bond donors (Lipinski definition) is 1. The summed E-state index contributed by atoms with van der Waals surface area (Å²) in [5.41, 5.74) is 6.26. The zero-order valence-electron chi connectivity index (χ0n) is 9.51. The third-order valence-electron chi connectivity index (χ3n) is 2.58. The van der Waals surface area contributed by atoms with Gasteiger partial charge in [-0.25, -0.2) is 4.39 Å². The Morgan fingerprint density at radius 3 is 2.89 bits per heavy atom. The van der Waals surface area contributed by atoms with Crippen molar-refractivity contribution in [2.75, 3.05) is 5.73 Å². The maximum absolute atomic E-state index is 13.0. The number of hydrogen-bond acceptors (Lipinski definition) is 5. The van der Waals surface area contributed by atoms with Crippen LogP contribution in [0, 0.1) is 15.9 Å². The Morgan fingerprint density at radius 1 is 1.56 bits per heavy atom. The predicted octanol–water partition coefficient (Wildman–Crippen LogP) is 2.53. The summed E-state index contributed by atoms with van der Waals surface area (Å²) in [7, 11) is 0. The maximum atomic E-state index is 13.0. The fourth-order valence-corrected chi connectivity index (χ4v) is 1.73. The molecule has 1 aromatic heterocycles. The summed E-state index contributed by atoms with van der Waals surface area (Å²) in [6.07, 6.45) is 0.513. The molecule has 94 valence electrons. The molecule has 7 heteroatoms. The van der Waals surface area contributed by atoms with E-state index in [4.69, 9.17) is 10.3 Å². The normalized spacial score (nSPS) is 10.6. The molecule has 0 atom stereocenters.